The number of methoxy groups -OCH3 is 1. The summed E-state index contributed by atoms with van der Waals surface area (Å²) in [4.78, 5) is 12.4. The number of carbonyl (C=O) groups excluding carboxylic acids is 1. The van der Waals surface area contributed by atoms with Crippen LogP contribution < -0.4 is 14.2 Å². The summed E-state index contributed by atoms with van der Waals surface area (Å²) in [5, 5.41) is 0. The van der Waals surface area contributed by atoms with Crippen molar-refractivity contribution in [2.75, 3.05) is 7.11 Å². The lowest BCUT2D eigenvalue weighted by Gasteiger charge is -2.18. The number of hydrogen-bond donors (Lipinski definition) is 0. The topological polar surface area (TPSA) is 44.8 Å². The molecule has 0 aliphatic heterocycles. The number of hydrogen-bond acceptors (Lipinski definition) is 4. The van der Waals surface area contributed by atoms with E-state index >= 15 is 0 Å². The number of ether oxygens (including phenoxy) is 3. The van der Waals surface area contributed by atoms with Crippen LogP contribution in [0.5, 0.6) is 17.2 Å². The van der Waals surface area contributed by atoms with E-state index in [1.807, 2.05) is 46.8 Å². The molecule has 0 amide bonds. The van der Waals surface area contributed by atoms with Crippen LogP contribution in [0.15, 0.2) is 42.5 Å². The fraction of sp³-hybridized carbons (Fsp3) is 0.348. The normalized spacial score (nSPS) is 11.3. The van der Waals surface area contributed by atoms with Gasteiger partial charge in [-0.2, -0.15) is 0 Å². The molecule has 0 radical (unpaired) electrons. The number of benzene rings is 2. The first kappa shape index (κ1) is 20.6. The minimum Gasteiger partial charge on any atom is -0.497 e. The molecule has 0 aliphatic rings. The van der Waals surface area contributed by atoms with Gasteiger partial charge in [0.05, 0.1) is 19.3 Å². The van der Waals surface area contributed by atoms with Gasteiger partial charge in [0.25, 0.3) is 0 Å². The molecule has 144 valence electrons. The van der Waals surface area contributed by atoms with E-state index < -0.39 is 0 Å². The van der Waals surface area contributed by atoms with Gasteiger partial charge < -0.3 is 14.2 Å². The second-order valence-electron chi connectivity index (χ2n) is 6.90. The minimum absolute atomic E-state index is 0.0516. The van der Waals surface area contributed by atoms with Gasteiger partial charge >= 0.3 is 0 Å². The summed E-state index contributed by atoms with van der Waals surface area (Å²) in [6, 6.07) is 10.9. The average molecular weight is 368 g/mol. The molecule has 2 aromatic carbocycles. The van der Waals surface area contributed by atoms with E-state index in [9.17, 15) is 4.79 Å². The van der Waals surface area contributed by atoms with Crippen LogP contribution in [0.25, 0.3) is 6.08 Å². The van der Waals surface area contributed by atoms with Crippen molar-refractivity contribution in [3.8, 4) is 17.2 Å². The van der Waals surface area contributed by atoms with Crippen molar-refractivity contribution in [1.29, 1.82) is 0 Å². The van der Waals surface area contributed by atoms with Gasteiger partial charge in [0.15, 0.2) is 5.78 Å². The molecule has 2 aromatic rings. The molecule has 0 atom stereocenters. The Balaban J connectivity index is 2.29. The Hall–Kier alpha value is -2.75. The van der Waals surface area contributed by atoms with E-state index in [2.05, 4.69) is 0 Å². The molecule has 0 heterocycles. The van der Waals surface area contributed by atoms with Gasteiger partial charge in [0.1, 0.15) is 17.2 Å². The number of rotatable bonds is 8. The van der Waals surface area contributed by atoms with Gasteiger partial charge in [-0.25, -0.2) is 0 Å². The summed E-state index contributed by atoms with van der Waals surface area (Å²) in [5.41, 5.74) is 2.42. The van der Waals surface area contributed by atoms with Gasteiger partial charge in [0.2, 0.25) is 0 Å². The summed E-state index contributed by atoms with van der Waals surface area (Å²) in [5.74, 6) is 2.18. The Labute approximate surface area is 161 Å². The second kappa shape index (κ2) is 9.26. The standard InChI is InChI=1S/C23H28O4/c1-15(2)26-22-13-18(14-23(17(22)5)27-16(3)4)7-12-21(24)19-8-10-20(25-6)11-9-19/h7-16H,1-6H3/b12-7+. The number of carbonyl (C=O) groups is 1. The first-order chi connectivity index (χ1) is 12.8. The van der Waals surface area contributed by atoms with E-state index in [0.29, 0.717) is 5.56 Å². The van der Waals surface area contributed by atoms with Crippen LogP contribution in [0.3, 0.4) is 0 Å². The van der Waals surface area contributed by atoms with Gasteiger partial charge in [-0.3, -0.25) is 4.79 Å². The molecule has 0 N–H and O–H groups in total. The van der Waals surface area contributed by atoms with Crippen LogP contribution in [0, 0.1) is 6.92 Å². The maximum absolute atomic E-state index is 12.4. The van der Waals surface area contributed by atoms with Gasteiger partial charge in [-0.1, -0.05) is 6.08 Å². The molecule has 27 heavy (non-hydrogen) atoms. The Kier molecular flexibility index (Phi) is 7.05. The molecule has 0 spiro atoms. The van der Waals surface area contributed by atoms with E-state index in [0.717, 1.165) is 28.4 Å². The Morgan fingerprint density at radius 2 is 1.44 bits per heavy atom. The first-order valence-corrected chi connectivity index (χ1v) is 9.14. The SMILES string of the molecule is COc1ccc(C(=O)/C=C/c2cc(OC(C)C)c(C)c(OC(C)C)c2)cc1. The third kappa shape index (κ3) is 5.88. The van der Waals surface area contributed by atoms with Crippen molar-refractivity contribution in [3.63, 3.8) is 0 Å². The molecule has 0 saturated carbocycles. The van der Waals surface area contributed by atoms with Crippen molar-refractivity contribution >= 4 is 11.9 Å². The van der Waals surface area contributed by atoms with E-state index in [4.69, 9.17) is 14.2 Å². The Morgan fingerprint density at radius 3 is 1.89 bits per heavy atom. The lowest BCUT2D eigenvalue weighted by molar-refractivity contribution is 0.104. The average Bonchev–Trinajstić information content (AvgIpc) is 2.62. The lowest BCUT2D eigenvalue weighted by Crippen LogP contribution is -2.10. The fourth-order valence-corrected chi connectivity index (χ4v) is 2.55. The van der Waals surface area contributed by atoms with Gasteiger partial charge in [-0.05, 0) is 82.7 Å². The van der Waals surface area contributed by atoms with Crippen LogP contribution in [-0.4, -0.2) is 25.1 Å². The van der Waals surface area contributed by atoms with Crippen molar-refractivity contribution in [2.24, 2.45) is 0 Å². The van der Waals surface area contributed by atoms with Gasteiger partial charge in [0, 0.05) is 11.1 Å². The smallest absolute Gasteiger partial charge is 0.185 e. The molecule has 2 rings (SSSR count). The van der Waals surface area contributed by atoms with Crippen LogP contribution in [-0.2, 0) is 0 Å². The molecule has 0 aromatic heterocycles. The molecule has 0 aliphatic carbocycles. The van der Waals surface area contributed by atoms with E-state index in [1.165, 1.54) is 0 Å². The zero-order chi connectivity index (χ0) is 20.0. The maximum Gasteiger partial charge on any atom is 0.185 e. The van der Waals surface area contributed by atoms with E-state index in [1.54, 1.807) is 43.5 Å². The monoisotopic (exact) mass is 368 g/mol. The van der Waals surface area contributed by atoms with Crippen molar-refractivity contribution in [3.05, 3.63) is 59.2 Å². The van der Waals surface area contributed by atoms with Crippen LogP contribution in [0.4, 0.5) is 0 Å². The Bertz CT molecular complexity index is 771. The summed E-state index contributed by atoms with van der Waals surface area (Å²) in [6.07, 6.45) is 3.45. The molecule has 0 fully saturated rings. The van der Waals surface area contributed by atoms with Crippen molar-refractivity contribution in [1.82, 2.24) is 0 Å². The van der Waals surface area contributed by atoms with Crippen LogP contribution in [0.1, 0.15) is 49.2 Å². The molecule has 4 heteroatoms. The van der Waals surface area contributed by atoms with Crippen LogP contribution in [0.2, 0.25) is 0 Å². The lowest BCUT2D eigenvalue weighted by atomic mass is 10.1. The highest BCUT2D eigenvalue weighted by Gasteiger charge is 2.12. The van der Waals surface area contributed by atoms with Crippen LogP contribution >= 0.6 is 0 Å². The predicted octanol–water partition coefficient (Wildman–Crippen LogP) is 5.47. The number of ketones is 1. The summed E-state index contributed by atoms with van der Waals surface area (Å²) < 4.78 is 16.9. The Morgan fingerprint density at radius 1 is 0.926 bits per heavy atom. The molecule has 0 unspecified atom stereocenters. The third-order valence-electron chi connectivity index (χ3n) is 3.86. The third-order valence-corrected chi connectivity index (χ3v) is 3.86. The largest absolute Gasteiger partial charge is 0.497 e. The molecule has 4 nitrogen and oxygen atoms in total. The molecule has 0 bridgehead atoms. The van der Waals surface area contributed by atoms with Gasteiger partial charge in [-0.15, -0.1) is 0 Å². The summed E-state index contributed by atoms with van der Waals surface area (Å²) in [7, 11) is 1.60. The number of allylic oxidation sites excluding steroid dienone is 1. The van der Waals surface area contributed by atoms with Crippen molar-refractivity contribution < 1.29 is 19.0 Å². The fourth-order valence-electron chi connectivity index (χ4n) is 2.55. The highest BCUT2D eigenvalue weighted by molar-refractivity contribution is 6.06. The summed E-state index contributed by atoms with van der Waals surface area (Å²) in [6.45, 7) is 9.91. The first-order valence-electron chi connectivity index (χ1n) is 9.14. The summed E-state index contributed by atoms with van der Waals surface area (Å²) >= 11 is 0. The maximum atomic E-state index is 12.4. The molecular weight excluding hydrogens is 340 g/mol. The van der Waals surface area contributed by atoms with Crippen molar-refractivity contribution in [2.45, 2.75) is 46.8 Å². The zero-order valence-corrected chi connectivity index (χ0v) is 16.9. The van der Waals surface area contributed by atoms with E-state index in [-0.39, 0.29) is 18.0 Å². The zero-order valence-electron chi connectivity index (χ0n) is 16.9. The molecular formula is C23H28O4. The highest BCUT2D eigenvalue weighted by Crippen LogP contribution is 2.32. The highest BCUT2D eigenvalue weighted by atomic mass is 16.5. The quantitative estimate of drug-likeness (QED) is 0.457. The molecule has 0 saturated heterocycles. The second-order valence-corrected chi connectivity index (χ2v) is 6.90. The predicted molar refractivity (Wildman–Crippen MR) is 109 cm³/mol. The minimum atomic E-state index is -0.0733.